The highest BCUT2D eigenvalue weighted by atomic mass is 35.5. The minimum absolute atomic E-state index is 0.0230. The Kier molecular flexibility index (Phi) is 4.17. The molecule has 0 aromatic carbocycles. The number of halogens is 3. The summed E-state index contributed by atoms with van der Waals surface area (Å²) >= 11 is 5.69. The first-order valence-electron chi connectivity index (χ1n) is 5.18. The smallest absolute Gasteiger partial charge is 0.265 e. The Morgan fingerprint density at radius 2 is 2.16 bits per heavy atom. The summed E-state index contributed by atoms with van der Waals surface area (Å²) in [6.07, 6.45) is -1.56. The van der Waals surface area contributed by atoms with Gasteiger partial charge in [-0.3, -0.25) is 0 Å². The molecule has 19 heavy (non-hydrogen) atoms. The van der Waals surface area contributed by atoms with Gasteiger partial charge in [-0.1, -0.05) is 0 Å². The van der Waals surface area contributed by atoms with Gasteiger partial charge in [-0.15, -0.1) is 0 Å². The fourth-order valence-electron chi connectivity index (χ4n) is 1.19. The molecule has 2 aromatic rings. The molecule has 0 aliphatic heterocycles. The maximum atomic E-state index is 12.1. The number of rotatable bonds is 5. The van der Waals surface area contributed by atoms with Crippen molar-refractivity contribution in [3.8, 4) is 5.95 Å². The lowest BCUT2D eigenvalue weighted by atomic mass is 10.4. The molecule has 0 saturated heterocycles. The van der Waals surface area contributed by atoms with Crippen molar-refractivity contribution < 1.29 is 13.9 Å². The van der Waals surface area contributed by atoms with Crippen molar-refractivity contribution in [2.45, 2.75) is 12.5 Å². The van der Waals surface area contributed by atoms with Crippen LogP contribution in [0.2, 0.25) is 5.28 Å². The quantitative estimate of drug-likeness (QED) is 0.845. The Labute approximate surface area is 111 Å². The number of alkyl halides is 2. The van der Waals surface area contributed by atoms with Crippen LogP contribution in [0.25, 0.3) is 5.95 Å². The van der Waals surface area contributed by atoms with Crippen molar-refractivity contribution in [2.75, 3.05) is 11.9 Å². The molecular formula is C9H9ClF2N6O. The normalized spacial score (nSPS) is 12.7. The number of aliphatic hydroxyl groups is 1. The van der Waals surface area contributed by atoms with Gasteiger partial charge in [0.2, 0.25) is 11.2 Å². The summed E-state index contributed by atoms with van der Waals surface area (Å²) in [6, 6.07) is 1.66. The molecule has 0 amide bonds. The molecule has 0 spiro atoms. The van der Waals surface area contributed by atoms with E-state index in [1.807, 2.05) is 0 Å². The topological polar surface area (TPSA) is 88.8 Å². The highest BCUT2D eigenvalue weighted by Gasteiger charge is 2.17. The van der Waals surface area contributed by atoms with Gasteiger partial charge in [0.25, 0.3) is 12.4 Å². The predicted molar refractivity (Wildman–Crippen MR) is 62.5 cm³/mol. The number of aliphatic hydroxyl groups excluding tert-OH is 1. The second kappa shape index (κ2) is 5.85. The number of hydrogen-bond acceptors (Lipinski definition) is 6. The van der Waals surface area contributed by atoms with Crippen molar-refractivity contribution in [3.63, 3.8) is 0 Å². The van der Waals surface area contributed by atoms with Crippen molar-refractivity contribution in [1.82, 2.24) is 24.7 Å². The van der Waals surface area contributed by atoms with E-state index in [-0.39, 0.29) is 17.2 Å². The molecule has 2 N–H and O–H groups in total. The molecule has 1 atom stereocenters. The van der Waals surface area contributed by atoms with Crippen LogP contribution in [0.15, 0.2) is 18.5 Å². The van der Waals surface area contributed by atoms with Crippen LogP contribution < -0.4 is 5.32 Å². The van der Waals surface area contributed by atoms with Gasteiger partial charge in [0.05, 0.1) is 0 Å². The summed E-state index contributed by atoms with van der Waals surface area (Å²) in [4.78, 5) is 11.5. The van der Waals surface area contributed by atoms with E-state index in [0.29, 0.717) is 0 Å². The third kappa shape index (κ3) is 3.55. The molecule has 0 aliphatic rings. The average molecular weight is 291 g/mol. The third-order valence-electron chi connectivity index (χ3n) is 2.07. The van der Waals surface area contributed by atoms with Gasteiger partial charge in [-0.25, -0.2) is 13.5 Å². The molecule has 1 unspecified atom stereocenters. The van der Waals surface area contributed by atoms with E-state index in [2.05, 4.69) is 25.4 Å². The van der Waals surface area contributed by atoms with Gasteiger partial charge in [0.1, 0.15) is 6.10 Å². The van der Waals surface area contributed by atoms with Gasteiger partial charge in [-0.2, -0.15) is 20.1 Å². The van der Waals surface area contributed by atoms with Crippen LogP contribution >= 0.6 is 11.6 Å². The SMILES string of the molecule is OC(CNc1nc(Cl)nc(-n2cccn2)n1)C(F)F. The van der Waals surface area contributed by atoms with Gasteiger partial charge in [-0.05, 0) is 17.7 Å². The van der Waals surface area contributed by atoms with Crippen molar-refractivity contribution in [3.05, 3.63) is 23.7 Å². The average Bonchev–Trinajstić information content (AvgIpc) is 2.89. The van der Waals surface area contributed by atoms with E-state index in [4.69, 9.17) is 16.7 Å². The summed E-state index contributed by atoms with van der Waals surface area (Å²) in [6.45, 7) is -0.406. The minimum Gasteiger partial charge on any atom is -0.385 e. The van der Waals surface area contributed by atoms with Crippen LogP contribution in [0, 0.1) is 0 Å². The zero-order valence-electron chi connectivity index (χ0n) is 9.41. The molecule has 0 fully saturated rings. The molecular weight excluding hydrogens is 282 g/mol. The summed E-state index contributed by atoms with van der Waals surface area (Å²) in [5.74, 6) is 0.115. The first-order valence-corrected chi connectivity index (χ1v) is 5.56. The second-order valence-electron chi connectivity index (χ2n) is 3.46. The van der Waals surface area contributed by atoms with E-state index in [1.165, 1.54) is 10.9 Å². The second-order valence-corrected chi connectivity index (χ2v) is 3.80. The summed E-state index contributed by atoms with van der Waals surface area (Å²) in [5, 5.41) is 15.2. The highest BCUT2D eigenvalue weighted by Crippen LogP contribution is 2.09. The van der Waals surface area contributed by atoms with E-state index in [0.717, 1.165) is 0 Å². The van der Waals surface area contributed by atoms with Crippen molar-refractivity contribution in [1.29, 1.82) is 0 Å². The van der Waals surface area contributed by atoms with Crippen molar-refractivity contribution in [2.24, 2.45) is 0 Å². The Hall–Kier alpha value is -1.87. The standard InChI is InChI=1S/C9H9ClF2N6O/c10-7-15-8(13-4-5(19)6(11)12)17-9(16-7)18-3-1-2-14-18/h1-3,5-6,19H,4H2,(H,13,15,16,17). The van der Waals surface area contributed by atoms with Gasteiger partial charge in [0.15, 0.2) is 0 Å². The lowest BCUT2D eigenvalue weighted by molar-refractivity contribution is 0.00376. The summed E-state index contributed by atoms with van der Waals surface area (Å²) in [5.41, 5.74) is 0. The van der Waals surface area contributed by atoms with E-state index in [1.54, 1.807) is 12.3 Å². The van der Waals surface area contributed by atoms with E-state index in [9.17, 15) is 8.78 Å². The zero-order chi connectivity index (χ0) is 13.8. The third-order valence-corrected chi connectivity index (χ3v) is 2.23. The number of anilines is 1. The lowest BCUT2D eigenvalue weighted by Gasteiger charge is -2.11. The molecule has 0 aliphatic carbocycles. The minimum atomic E-state index is -2.85. The van der Waals surface area contributed by atoms with Gasteiger partial charge < -0.3 is 10.4 Å². The zero-order valence-corrected chi connectivity index (χ0v) is 10.2. The fraction of sp³-hybridized carbons (Fsp3) is 0.333. The first kappa shape index (κ1) is 13.6. The molecule has 102 valence electrons. The Bertz CT molecular complexity index is 538. The molecule has 0 bridgehead atoms. The molecule has 10 heteroatoms. The largest absolute Gasteiger partial charge is 0.385 e. The van der Waals surface area contributed by atoms with Crippen LogP contribution in [0.3, 0.4) is 0 Å². The number of nitrogens with one attached hydrogen (secondary N) is 1. The highest BCUT2D eigenvalue weighted by molar-refractivity contribution is 6.28. The number of aromatic nitrogens is 5. The fourth-order valence-corrected chi connectivity index (χ4v) is 1.35. The monoisotopic (exact) mass is 290 g/mol. The van der Waals surface area contributed by atoms with Gasteiger partial charge in [0, 0.05) is 18.9 Å². The summed E-state index contributed by atoms with van der Waals surface area (Å²) in [7, 11) is 0. The van der Waals surface area contributed by atoms with Crippen LogP contribution in [-0.4, -0.2) is 48.9 Å². The predicted octanol–water partition coefficient (Wildman–Crippen LogP) is 0.749. The first-order chi connectivity index (χ1) is 9.06. The Balaban J connectivity index is 2.13. The van der Waals surface area contributed by atoms with Crippen LogP contribution in [0.5, 0.6) is 0 Å². The van der Waals surface area contributed by atoms with Crippen LogP contribution in [-0.2, 0) is 0 Å². The lowest BCUT2D eigenvalue weighted by Crippen LogP contribution is -2.27. The summed E-state index contributed by atoms with van der Waals surface area (Å²) < 4.78 is 25.6. The van der Waals surface area contributed by atoms with Crippen LogP contribution in [0.4, 0.5) is 14.7 Å². The Morgan fingerprint density at radius 3 is 2.79 bits per heavy atom. The molecule has 7 nitrogen and oxygen atoms in total. The molecule has 2 aromatic heterocycles. The van der Waals surface area contributed by atoms with Crippen molar-refractivity contribution >= 4 is 17.5 Å². The van der Waals surface area contributed by atoms with E-state index >= 15 is 0 Å². The van der Waals surface area contributed by atoms with E-state index < -0.39 is 19.1 Å². The number of hydrogen-bond donors (Lipinski definition) is 2. The maximum Gasteiger partial charge on any atom is 0.265 e. The Morgan fingerprint density at radius 1 is 1.37 bits per heavy atom. The van der Waals surface area contributed by atoms with Crippen LogP contribution in [0.1, 0.15) is 0 Å². The maximum absolute atomic E-state index is 12.1. The molecule has 2 rings (SSSR count). The molecule has 0 radical (unpaired) electrons. The number of nitrogens with zero attached hydrogens (tertiary/aromatic N) is 5. The van der Waals surface area contributed by atoms with Gasteiger partial charge >= 0.3 is 0 Å². The molecule has 0 saturated carbocycles. The molecule has 2 heterocycles.